The Bertz CT molecular complexity index is 171. The molecular formula is C10H20N2. The zero-order valence-corrected chi connectivity index (χ0v) is 8.24. The van der Waals surface area contributed by atoms with Crippen LogP contribution in [0.5, 0.6) is 0 Å². The van der Waals surface area contributed by atoms with Gasteiger partial charge < -0.3 is 10.6 Å². The van der Waals surface area contributed by atoms with Gasteiger partial charge in [-0.3, -0.25) is 0 Å². The molecule has 0 atom stereocenters. The average molecular weight is 168 g/mol. The summed E-state index contributed by atoms with van der Waals surface area (Å²) in [5, 5.41) is 6.94. The Balaban J connectivity index is 2.06. The third-order valence-electron chi connectivity index (χ3n) is 3.29. The molecule has 0 unspecified atom stereocenters. The zero-order chi connectivity index (χ0) is 8.66. The van der Waals surface area contributed by atoms with Crippen LogP contribution in [0, 0.1) is 10.8 Å². The van der Waals surface area contributed by atoms with E-state index in [-0.39, 0.29) is 0 Å². The first-order valence-electron chi connectivity index (χ1n) is 5.04. The van der Waals surface area contributed by atoms with E-state index < -0.39 is 0 Å². The van der Waals surface area contributed by atoms with Gasteiger partial charge in [-0.25, -0.2) is 0 Å². The highest BCUT2D eigenvalue weighted by Gasteiger charge is 2.42. The first-order valence-corrected chi connectivity index (χ1v) is 5.04. The molecule has 0 aromatic heterocycles. The largest absolute Gasteiger partial charge is 0.316 e. The lowest BCUT2D eigenvalue weighted by atomic mass is 9.68. The number of hydrogen-bond acceptors (Lipinski definition) is 2. The molecule has 2 heterocycles. The molecule has 0 saturated carbocycles. The summed E-state index contributed by atoms with van der Waals surface area (Å²) < 4.78 is 0. The van der Waals surface area contributed by atoms with Gasteiger partial charge in [0.1, 0.15) is 0 Å². The zero-order valence-electron chi connectivity index (χ0n) is 8.24. The van der Waals surface area contributed by atoms with Crippen molar-refractivity contribution in [1.82, 2.24) is 10.6 Å². The van der Waals surface area contributed by atoms with Crippen molar-refractivity contribution in [2.45, 2.75) is 26.7 Å². The molecule has 0 radical (unpaired) electrons. The monoisotopic (exact) mass is 168 g/mol. The molecule has 0 aromatic carbocycles. The second kappa shape index (κ2) is 2.71. The minimum atomic E-state index is 0.499. The van der Waals surface area contributed by atoms with Gasteiger partial charge in [-0.2, -0.15) is 0 Å². The summed E-state index contributed by atoms with van der Waals surface area (Å²) in [6.07, 6.45) is 2.75. The van der Waals surface area contributed by atoms with Crippen LogP contribution >= 0.6 is 0 Å². The molecule has 2 heteroatoms. The van der Waals surface area contributed by atoms with Crippen molar-refractivity contribution < 1.29 is 0 Å². The Kier molecular flexibility index (Phi) is 1.92. The SMILES string of the molecule is CC1(C)CNCCC2(CNC2)C1. The number of hydrogen-bond donors (Lipinski definition) is 2. The van der Waals surface area contributed by atoms with Gasteiger partial charge in [0.25, 0.3) is 0 Å². The van der Waals surface area contributed by atoms with Gasteiger partial charge in [0.2, 0.25) is 0 Å². The second-order valence-corrected chi connectivity index (χ2v) is 5.37. The van der Waals surface area contributed by atoms with E-state index in [1.54, 1.807) is 0 Å². The van der Waals surface area contributed by atoms with E-state index in [0.717, 1.165) is 0 Å². The minimum absolute atomic E-state index is 0.499. The van der Waals surface area contributed by atoms with Crippen LogP contribution < -0.4 is 10.6 Å². The molecule has 0 aliphatic carbocycles. The molecular weight excluding hydrogens is 148 g/mol. The summed E-state index contributed by atoms with van der Waals surface area (Å²) >= 11 is 0. The van der Waals surface area contributed by atoms with Gasteiger partial charge in [0.05, 0.1) is 0 Å². The number of rotatable bonds is 0. The summed E-state index contributed by atoms with van der Waals surface area (Å²) in [6.45, 7) is 9.66. The molecule has 1 spiro atoms. The normalized spacial score (nSPS) is 32.5. The fourth-order valence-electron chi connectivity index (χ4n) is 2.73. The maximum Gasteiger partial charge on any atom is 0.00209 e. The van der Waals surface area contributed by atoms with E-state index in [4.69, 9.17) is 0 Å². The third-order valence-corrected chi connectivity index (χ3v) is 3.29. The Morgan fingerprint density at radius 3 is 2.33 bits per heavy atom. The summed E-state index contributed by atoms with van der Waals surface area (Å²) in [7, 11) is 0. The summed E-state index contributed by atoms with van der Waals surface area (Å²) in [5.74, 6) is 0. The highest BCUT2D eigenvalue weighted by atomic mass is 15.0. The van der Waals surface area contributed by atoms with Gasteiger partial charge in [-0.15, -0.1) is 0 Å². The van der Waals surface area contributed by atoms with Crippen LogP contribution in [-0.2, 0) is 0 Å². The first kappa shape index (κ1) is 8.52. The Hall–Kier alpha value is -0.0800. The molecule has 0 amide bonds. The molecule has 2 aliphatic rings. The Labute approximate surface area is 75.1 Å². The van der Waals surface area contributed by atoms with Crippen molar-refractivity contribution in [3.8, 4) is 0 Å². The molecule has 2 aliphatic heterocycles. The highest BCUT2D eigenvalue weighted by Crippen LogP contribution is 2.40. The third kappa shape index (κ3) is 1.50. The smallest absolute Gasteiger partial charge is 0.00209 e. The van der Waals surface area contributed by atoms with Gasteiger partial charge in [-0.1, -0.05) is 13.8 Å². The highest BCUT2D eigenvalue weighted by molar-refractivity contribution is 4.98. The van der Waals surface area contributed by atoms with Gasteiger partial charge in [-0.05, 0) is 30.2 Å². The van der Waals surface area contributed by atoms with Crippen LogP contribution in [0.1, 0.15) is 26.7 Å². The van der Waals surface area contributed by atoms with E-state index in [1.807, 2.05) is 0 Å². The molecule has 2 saturated heterocycles. The average Bonchev–Trinajstić information content (AvgIpc) is 2.06. The fraction of sp³-hybridized carbons (Fsp3) is 1.00. The van der Waals surface area contributed by atoms with Gasteiger partial charge >= 0.3 is 0 Å². The topological polar surface area (TPSA) is 24.1 Å². The van der Waals surface area contributed by atoms with Gasteiger partial charge in [0.15, 0.2) is 0 Å². The van der Waals surface area contributed by atoms with Crippen LogP contribution in [0.2, 0.25) is 0 Å². The van der Waals surface area contributed by atoms with E-state index in [1.165, 1.54) is 39.0 Å². The maximum atomic E-state index is 3.53. The van der Waals surface area contributed by atoms with E-state index >= 15 is 0 Å². The predicted octanol–water partition coefficient (Wildman–Crippen LogP) is 0.986. The lowest BCUT2D eigenvalue weighted by Gasteiger charge is -2.45. The summed E-state index contributed by atoms with van der Waals surface area (Å²) in [4.78, 5) is 0. The number of nitrogens with one attached hydrogen (secondary N) is 2. The maximum absolute atomic E-state index is 3.53. The quantitative estimate of drug-likeness (QED) is 0.563. The predicted molar refractivity (Wildman–Crippen MR) is 51.2 cm³/mol. The van der Waals surface area contributed by atoms with Crippen LogP contribution in [0.3, 0.4) is 0 Å². The van der Waals surface area contributed by atoms with Crippen molar-refractivity contribution in [3.63, 3.8) is 0 Å². The van der Waals surface area contributed by atoms with Crippen molar-refractivity contribution in [3.05, 3.63) is 0 Å². The Morgan fingerprint density at radius 1 is 1.00 bits per heavy atom. The minimum Gasteiger partial charge on any atom is -0.316 e. The van der Waals surface area contributed by atoms with Gasteiger partial charge in [0, 0.05) is 19.6 Å². The summed E-state index contributed by atoms with van der Waals surface area (Å²) in [6, 6.07) is 0. The van der Waals surface area contributed by atoms with E-state index in [0.29, 0.717) is 10.8 Å². The molecule has 2 rings (SSSR count). The van der Waals surface area contributed by atoms with Crippen LogP contribution in [0.15, 0.2) is 0 Å². The first-order chi connectivity index (χ1) is 5.62. The fourth-order valence-corrected chi connectivity index (χ4v) is 2.73. The molecule has 2 fully saturated rings. The van der Waals surface area contributed by atoms with Crippen molar-refractivity contribution in [2.24, 2.45) is 10.8 Å². The lowest BCUT2D eigenvalue weighted by Crippen LogP contribution is -2.55. The lowest BCUT2D eigenvalue weighted by molar-refractivity contribution is 0.0993. The molecule has 2 nitrogen and oxygen atoms in total. The van der Waals surface area contributed by atoms with Crippen LogP contribution in [-0.4, -0.2) is 26.2 Å². The van der Waals surface area contributed by atoms with Crippen molar-refractivity contribution >= 4 is 0 Å². The molecule has 12 heavy (non-hydrogen) atoms. The molecule has 2 N–H and O–H groups in total. The standard InChI is InChI=1S/C10H20N2/c1-9(2)5-10(7-12-8-10)3-4-11-6-9/h11-12H,3-8H2,1-2H3. The summed E-state index contributed by atoms with van der Waals surface area (Å²) in [5.41, 5.74) is 1.14. The van der Waals surface area contributed by atoms with E-state index in [9.17, 15) is 0 Å². The van der Waals surface area contributed by atoms with Crippen molar-refractivity contribution in [1.29, 1.82) is 0 Å². The van der Waals surface area contributed by atoms with Crippen molar-refractivity contribution in [2.75, 3.05) is 26.2 Å². The molecule has 0 bridgehead atoms. The van der Waals surface area contributed by atoms with Crippen LogP contribution in [0.25, 0.3) is 0 Å². The Morgan fingerprint density at radius 2 is 1.75 bits per heavy atom. The molecule has 70 valence electrons. The van der Waals surface area contributed by atoms with E-state index in [2.05, 4.69) is 24.5 Å². The van der Waals surface area contributed by atoms with Crippen LogP contribution in [0.4, 0.5) is 0 Å². The second-order valence-electron chi connectivity index (χ2n) is 5.37. The molecule has 0 aromatic rings.